The van der Waals surface area contributed by atoms with Crippen molar-refractivity contribution in [1.29, 1.82) is 0 Å². The first kappa shape index (κ1) is 9.32. The summed E-state index contributed by atoms with van der Waals surface area (Å²) in [6.07, 6.45) is 4.46. The Kier molecular flexibility index (Phi) is 2.58. The first-order chi connectivity index (χ1) is 6.81. The van der Waals surface area contributed by atoms with Crippen molar-refractivity contribution in [2.75, 3.05) is 0 Å². The second-order valence-electron chi connectivity index (χ2n) is 4.07. The smallest absolute Gasteiger partial charge is 0.0456 e. The monoisotopic (exact) mass is 187 g/mol. The molecule has 1 nitrogen and oxygen atoms in total. The molecule has 0 aliphatic heterocycles. The molecule has 0 saturated heterocycles. The number of H-pyrrole nitrogens is 1. The minimum absolute atomic E-state index is 0.774. The first-order valence-corrected chi connectivity index (χ1v) is 5.36. The van der Waals surface area contributed by atoms with Crippen LogP contribution in [0.4, 0.5) is 0 Å². The van der Waals surface area contributed by atoms with E-state index >= 15 is 0 Å². The quantitative estimate of drug-likeness (QED) is 0.753. The molecular formula is C13H17N. The van der Waals surface area contributed by atoms with E-state index in [1.165, 1.54) is 29.3 Å². The molecule has 74 valence electrons. The molecule has 1 aromatic heterocycles. The summed E-state index contributed by atoms with van der Waals surface area (Å²) in [5, 5.41) is 1.38. The lowest BCUT2D eigenvalue weighted by Gasteiger charge is -2.09. The predicted molar refractivity (Wildman–Crippen MR) is 61.5 cm³/mol. The van der Waals surface area contributed by atoms with Gasteiger partial charge in [-0.25, -0.2) is 0 Å². The molecule has 0 saturated carbocycles. The van der Waals surface area contributed by atoms with Gasteiger partial charge in [0, 0.05) is 17.1 Å². The summed E-state index contributed by atoms with van der Waals surface area (Å²) in [6.45, 7) is 4.56. The van der Waals surface area contributed by atoms with E-state index < -0.39 is 0 Å². The predicted octanol–water partition coefficient (Wildman–Crippen LogP) is 3.76. The average Bonchev–Trinajstić information content (AvgIpc) is 2.66. The maximum absolute atomic E-state index is 3.25. The Bertz CT molecular complexity index is 414. The molecule has 0 aliphatic rings. The summed E-state index contributed by atoms with van der Waals surface area (Å²) in [7, 11) is 0. The van der Waals surface area contributed by atoms with E-state index in [9.17, 15) is 0 Å². The lowest BCUT2D eigenvalue weighted by Crippen LogP contribution is -1.97. The maximum Gasteiger partial charge on any atom is 0.0456 e. The Hall–Kier alpha value is -1.24. The molecule has 1 N–H and O–H groups in total. The third-order valence-electron chi connectivity index (χ3n) is 2.95. The van der Waals surface area contributed by atoms with Crippen molar-refractivity contribution in [2.45, 2.75) is 26.7 Å². The van der Waals surface area contributed by atoms with Crippen LogP contribution in [0.1, 0.15) is 25.8 Å². The average molecular weight is 187 g/mol. The van der Waals surface area contributed by atoms with Crippen molar-refractivity contribution in [1.82, 2.24) is 4.98 Å². The molecule has 0 amide bonds. The molecule has 1 atom stereocenters. The lowest BCUT2D eigenvalue weighted by molar-refractivity contribution is 0.562. The molecule has 2 rings (SSSR count). The largest absolute Gasteiger partial charge is 0.361 e. The zero-order chi connectivity index (χ0) is 9.97. The van der Waals surface area contributed by atoms with E-state index in [4.69, 9.17) is 0 Å². The van der Waals surface area contributed by atoms with Crippen LogP contribution >= 0.6 is 0 Å². The van der Waals surface area contributed by atoms with Crippen molar-refractivity contribution in [3.05, 3.63) is 36.0 Å². The van der Waals surface area contributed by atoms with Crippen LogP contribution in [-0.2, 0) is 6.42 Å². The Morgan fingerprint density at radius 1 is 1.29 bits per heavy atom. The van der Waals surface area contributed by atoms with E-state index in [1.807, 2.05) is 6.20 Å². The summed E-state index contributed by atoms with van der Waals surface area (Å²) in [6, 6.07) is 8.68. The van der Waals surface area contributed by atoms with Crippen LogP contribution in [0.15, 0.2) is 30.5 Å². The van der Waals surface area contributed by atoms with Gasteiger partial charge in [0.25, 0.3) is 0 Å². The number of aromatic nitrogens is 1. The van der Waals surface area contributed by atoms with Gasteiger partial charge in [-0.05, 0) is 30.0 Å². The number of nitrogens with one attached hydrogen (secondary N) is 1. The standard InChI is InChI=1S/C13H17N/c1-3-10(2)9-11-5-4-6-13-12(11)7-8-14-13/h4-8,10,14H,3,9H2,1-2H3. The van der Waals surface area contributed by atoms with Crippen LogP contribution < -0.4 is 0 Å². The maximum atomic E-state index is 3.25. The van der Waals surface area contributed by atoms with Crippen molar-refractivity contribution < 1.29 is 0 Å². The van der Waals surface area contributed by atoms with Gasteiger partial charge >= 0.3 is 0 Å². The van der Waals surface area contributed by atoms with Gasteiger partial charge in [0.1, 0.15) is 0 Å². The molecule has 0 fully saturated rings. The summed E-state index contributed by atoms with van der Waals surface area (Å²) in [4.78, 5) is 3.25. The number of aromatic amines is 1. The zero-order valence-corrected chi connectivity index (χ0v) is 8.88. The van der Waals surface area contributed by atoms with E-state index in [2.05, 4.69) is 43.1 Å². The summed E-state index contributed by atoms with van der Waals surface area (Å²) in [5.41, 5.74) is 2.73. The summed E-state index contributed by atoms with van der Waals surface area (Å²) in [5.74, 6) is 0.774. The van der Waals surface area contributed by atoms with Crippen LogP contribution in [0.25, 0.3) is 10.9 Å². The molecule has 1 heterocycles. The summed E-state index contributed by atoms with van der Waals surface area (Å²) >= 11 is 0. The van der Waals surface area contributed by atoms with Gasteiger partial charge in [-0.3, -0.25) is 0 Å². The fourth-order valence-corrected chi connectivity index (χ4v) is 1.85. The van der Waals surface area contributed by atoms with Gasteiger partial charge in [-0.15, -0.1) is 0 Å². The minimum Gasteiger partial charge on any atom is -0.361 e. The Labute approximate surface area is 85.1 Å². The highest BCUT2D eigenvalue weighted by molar-refractivity contribution is 5.82. The molecule has 0 radical (unpaired) electrons. The van der Waals surface area contributed by atoms with Crippen LogP contribution in [0, 0.1) is 5.92 Å². The van der Waals surface area contributed by atoms with E-state index in [0.717, 1.165) is 5.92 Å². The Morgan fingerprint density at radius 3 is 2.93 bits per heavy atom. The summed E-state index contributed by atoms with van der Waals surface area (Å²) < 4.78 is 0. The van der Waals surface area contributed by atoms with Gasteiger partial charge < -0.3 is 4.98 Å². The minimum atomic E-state index is 0.774. The van der Waals surface area contributed by atoms with Crippen molar-refractivity contribution in [3.63, 3.8) is 0 Å². The van der Waals surface area contributed by atoms with Gasteiger partial charge in [0.2, 0.25) is 0 Å². The van der Waals surface area contributed by atoms with Crippen LogP contribution in [0.5, 0.6) is 0 Å². The molecule has 0 bridgehead atoms. The highest BCUT2D eigenvalue weighted by Gasteiger charge is 2.05. The molecule has 1 aromatic carbocycles. The van der Waals surface area contributed by atoms with E-state index in [1.54, 1.807) is 0 Å². The fraction of sp³-hybridized carbons (Fsp3) is 0.385. The highest BCUT2D eigenvalue weighted by atomic mass is 14.7. The number of hydrogen-bond acceptors (Lipinski definition) is 0. The Balaban J connectivity index is 2.36. The normalized spacial score (nSPS) is 13.3. The van der Waals surface area contributed by atoms with Crippen LogP contribution in [0.3, 0.4) is 0 Å². The zero-order valence-electron chi connectivity index (χ0n) is 8.88. The highest BCUT2D eigenvalue weighted by Crippen LogP contribution is 2.21. The van der Waals surface area contributed by atoms with Crippen molar-refractivity contribution in [2.24, 2.45) is 5.92 Å². The van der Waals surface area contributed by atoms with Crippen molar-refractivity contribution >= 4 is 10.9 Å². The molecular weight excluding hydrogens is 170 g/mol. The third kappa shape index (κ3) is 1.67. The number of rotatable bonds is 3. The second kappa shape index (κ2) is 3.87. The Morgan fingerprint density at radius 2 is 2.14 bits per heavy atom. The van der Waals surface area contributed by atoms with Gasteiger partial charge in [-0.2, -0.15) is 0 Å². The molecule has 14 heavy (non-hydrogen) atoms. The lowest BCUT2D eigenvalue weighted by atomic mass is 9.97. The molecule has 1 unspecified atom stereocenters. The molecule has 1 heteroatoms. The molecule has 2 aromatic rings. The first-order valence-electron chi connectivity index (χ1n) is 5.36. The SMILES string of the molecule is CCC(C)Cc1cccc2[nH]ccc12. The van der Waals surface area contributed by atoms with E-state index in [-0.39, 0.29) is 0 Å². The fourth-order valence-electron chi connectivity index (χ4n) is 1.85. The topological polar surface area (TPSA) is 15.8 Å². The van der Waals surface area contributed by atoms with E-state index in [0.29, 0.717) is 0 Å². The number of benzene rings is 1. The van der Waals surface area contributed by atoms with Gasteiger partial charge in [-0.1, -0.05) is 32.4 Å². The van der Waals surface area contributed by atoms with Crippen LogP contribution in [0.2, 0.25) is 0 Å². The molecule has 0 spiro atoms. The van der Waals surface area contributed by atoms with Crippen LogP contribution in [-0.4, -0.2) is 4.98 Å². The number of fused-ring (bicyclic) bond motifs is 1. The van der Waals surface area contributed by atoms with Gasteiger partial charge in [0.05, 0.1) is 0 Å². The third-order valence-corrected chi connectivity index (χ3v) is 2.95. The number of hydrogen-bond donors (Lipinski definition) is 1. The van der Waals surface area contributed by atoms with Gasteiger partial charge in [0.15, 0.2) is 0 Å². The molecule has 0 aliphatic carbocycles. The second-order valence-corrected chi connectivity index (χ2v) is 4.07. The van der Waals surface area contributed by atoms with Crippen molar-refractivity contribution in [3.8, 4) is 0 Å².